The van der Waals surface area contributed by atoms with Gasteiger partial charge in [0.25, 0.3) is 0 Å². The predicted octanol–water partition coefficient (Wildman–Crippen LogP) is 7.97. The molecular formula is C12H2Cl6S. The summed E-state index contributed by atoms with van der Waals surface area (Å²) in [5.41, 5.74) is 0. The Balaban J connectivity index is 2.62. The van der Waals surface area contributed by atoms with Gasteiger partial charge in [0, 0.05) is 15.5 Å². The summed E-state index contributed by atoms with van der Waals surface area (Å²) in [6.07, 6.45) is 0. The molecule has 0 saturated heterocycles. The molecule has 0 aliphatic carbocycles. The molecule has 1 aromatic heterocycles. The van der Waals surface area contributed by atoms with E-state index >= 15 is 0 Å². The van der Waals surface area contributed by atoms with Crippen molar-refractivity contribution in [2.24, 2.45) is 0 Å². The van der Waals surface area contributed by atoms with Gasteiger partial charge in [0.1, 0.15) is 0 Å². The van der Waals surface area contributed by atoms with Crippen LogP contribution in [0.1, 0.15) is 0 Å². The highest BCUT2D eigenvalue weighted by molar-refractivity contribution is 7.26. The fraction of sp³-hybridized carbons (Fsp3) is 0. The third kappa shape index (κ3) is 2.11. The van der Waals surface area contributed by atoms with E-state index in [9.17, 15) is 0 Å². The lowest BCUT2D eigenvalue weighted by Crippen LogP contribution is -1.76. The van der Waals surface area contributed by atoms with Crippen molar-refractivity contribution >= 4 is 101 Å². The second kappa shape index (κ2) is 4.99. The number of fused-ring (bicyclic) bond motifs is 3. The molecule has 0 nitrogen and oxygen atoms in total. The molecule has 98 valence electrons. The molecule has 0 aliphatic rings. The zero-order valence-corrected chi connectivity index (χ0v) is 14.2. The summed E-state index contributed by atoms with van der Waals surface area (Å²) in [5.74, 6) is 0. The van der Waals surface area contributed by atoms with Crippen molar-refractivity contribution in [1.82, 2.24) is 0 Å². The molecule has 0 amide bonds. The lowest BCUT2D eigenvalue weighted by Gasteiger charge is -2.03. The fourth-order valence-electron chi connectivity index (χ4n) is 1.88. The topological polar surface area (TPSA) is 0 Å². The molecule has 0 saturated carbocycles. The van der Waals surface area contributed by atoms with Gasteiger partial charge in [-0.1, -0.05) is 69.6 Å². The quantitative estimate of drug-likeness (QED) is 0.341. The van der Waals surface area contributed by atoms with Crippen molar-refractivity contribution in [1.29, 1.82) is 0 Å². The van der Waals surface area contributed by atoms with Crippen molar-refractivity contribution in [3.05, 3.63) is 42.3 Å². The summed E-state index contributed by atoms with van der Waals surface area (Å²) in [5, 5.41) is 3.84. The van der Waals surface area contributed by atoms with E-state index in [0.717, 1.165) is 20.2 Å². The van der Waals surface area contributed by atoms with Gasteiger partial charge in [-0.25, -0.2) is 0 Å². The summed E-state index contributed by atoms with van der Waals surface area (Å²) in [7, 11) is 0. The van der Waals surface area contributed by atoms with Crippen LogP contribution in [0.2, 0.25) is 30.1 Å². The van der Waals surface area contributed by atoms with Crippen molar-refractivity contribution in [3.8, 4) is 0 Å². The van der Waals surface area contributed by atoms with Crippen molar-refractivity contribution in [3.63, 3.8) is 0 Å². The molecular weight excluding hydrogens is 389 g/mol. The van der Waals surface area contributed by atoms with Gasteiger partial charge >= 0.3 is 0 Å². The van der Waals surface area contributed by atoms with Gasteiger partial charge in [0.2, 0.25) is 0 Å². The third-order valence-electron chi connectivity index (χ3n) is 2.72. The van der Waals surface area contributed by atoms with Crippen LogP contribution in [-0.2, 0) is 0 Å². The second-order valence-electron chi connectivity index (χ2n) is 3.82. The summed E-state index contributed by atoms with van der Waals surface area (Å²) in [4.78, 5) is 0. The smallest absolute Gasteiger partial charge is 0.0793 e. The van der Waals surface area contributed by atoms with E-state index in [1.807, 2.05) is 0 Å². The van der Waals surface area contributed by atoms with Crippen molar-refractivity contribution in [2.45, 2.75) is 0 Å². The monoisotopic (exact) mass is 388 g/mol. The first-order chi connectivity index (χ1) is 8.91. The predicted molar refractivity (Wildman–Crippen MR) is 89.4 cm³/mol. The Hall–Kier alpha value is 0.400. The molecule has 0 N–H and O–H groups in total. The van der Waals surface area contributed by atoms with E-state index in [1.165, 1.54) is 11.3 Å². The van der Waals surface area contributed by atoms with Crippen LogP contribution in [0.5, 0.6) is 0 Å². The van der Waals surface area contributed by atoms with Crippen LogP contribution in [0, 0.1) is 0 Å². The number of thiophene rings is 1. The van der Waals surface area contributed by atoms with Gasteiger partial charge in [-0.05, 0) is 12.1 Å². The minimum Gasteiger partial charge on any atom is -0.133 e. The standard InChI is InChI=1S/C12H2Cl6S/c13-4-1-3-7-6(2-5(14)8(15)10(7)17)19-12(3)11(18)9(4)16/h1-2H. The summed E-state index contributed by atoms with van der Waals surface area (Å²) in [6.45, 7) is 0. The van der Waals surface area contributed by atoms with Crippen LogP contribution in [0.4, 0.5) is 0 Å². The molecule has 1 heterocycles. The molecule has 3 aromatic rings. The Kier molecular flexibility index (Phi) is 3.77. The minimum atomic E-state index is 0.317. The fourth-order valence-corrected chi connectivity index (χ4v) is 4.66. The van der Waals surface area contributed by atoms with Gasteiger partial charge in [-0.15, -0.1) is 11.3 Å². The first kappa shape index (κ1) is 14.3. The van der Waals surface area contributed by atoms with E-state index in [-0.39, 0.29) is 0 Å². The number of hydrogen-bond acceptors (Lipinski definition) is 1. The summed E-state index contributed by atoms with van der Waals surface area (Å²) >= 11 is 38.1. The number of rotatable bonds is 0. The van der Waals surface area contributed by atoms with Crippen molar-refractivity contribution < 1.29 is 0 Å². The Morgan fingerprint density at radius 1 is 0.684 bits per heavy atom. The zero-order chi connectivity index (χ0) is 13.9. The molecule has 19 heavy (non-hydrogen) atoms. The number of hydrogen-bond donors (Lipinski definition) is 0. The van der Waals surface area contributed by atoms with Gasteiger partial charge in [0.15, 0.2) is 0 Å². The highest BCUT2D eigenvalue weighted by Gasteiger charge is 2.18. The molecule has 3 rings (SSSR count). The molecule has 7 heteroatoms. The van der Waals surface area contributed by atoms with Gasteiger partial charge in [-0.2, -0.15) is 0 Å². The normalized spacial score (nSPS) is 11.7. The van der Waals surface area contributed by atoms with Gasteiger partial charge < -0.3 is 0 Å². The van der Waals surface area contributed by atoms with E-state index in [2.05, 4.69) is 0 Å². The van der Waals surface area contributed by atoms with Gasteiger partial charge in [-0.3, -0.25) is 0 Å². The summed E-state index contributed by atoms with van der Waals surface area (Å²) in [6, 6.07) is 3.49. The van der Waals surface area contributed by atoms with E-state index in [1.54, 1.807) is 12.1 Å². The molecule has 0 atom stereocenters. The Morgan fingerprint density at radius 2 is 1.26 bits per heavy atom. The highest BCUT2D eigenvalue weighted by atomic mass is 35.5. The SMILES string of the molecule is Clc1cc2c(sc3cc(Cl)c(Cl)c(Cl)c32)c(Cl)c1Cl. The number of halogens is 6. The Labute approximate surface area is 142 Å². The average molecular weight is 391 g/mol. The van der Waals surface area contributed by atoms with Crippen LogP contribution in [0.25, 0.3) is 20.2 Å². The average Bonchev–Trinajstić information content (AvgIpc) is 2.72. The van der Waals surface area contributed by atoms with Crippen LogP contribution in [0.15, 0.2) is 12.1 Å². The Morgan fingerprint density at radius 3 is 1.95 bits per heavy atom. The maximum Gasteiger partial charge on any atom is 0.0793 e. The summed E-state index contributed by atoms with van der Waals surface area (Å²) < 4.78 is 1.70. The molecule has 2 aromatic carbocycles. The van der Waals surface area contributed by atoms with Crippen LogP contribution < -0.4 is 0 Å². The lowest BCUT2D eigenvalue weighted by molar-refractivity contribution is 1.82. The third-order valence-corrected chi connectivity index (χ3v) is 6.53. The molecule has 0 aliphatic heterocycles. The molecule has 0 bridgehead atoms. The van der Waals surface area contributed by atoms with Crippen LogP contribution in [-0.4, -0.2) is 0 Å². The maximum atomic E-state index is 6.27. The minimum absolute atomic E-state index is 0.317. The molecule has 0 spiro atoms. The highest BCUT2D eigenvalue weighted by Crippen LogP contribution is 2.48. The van der Waals surface area contributed by atoms with E-state index in [4.69, 9.17) is 69.6 Å². The number of benzene rings is 2. The van der Waals surface area contributed by atoms with E-state index < -0.39 is 0 Å². The zero-order valence-electron chi connectivity index (χ0n) is 8.83. The molecule has 0 unspecified atom stereocenters. The lowest BCUT2D eigenvalue weighted by atomic mass is 10.1. The molecule has 0 radical (unpaired) electrons. The largest absolute Gasteiger partial charge is 0.133 e. The van der Waals surface area contributed by atoms with Crippen LogP contribution in [0.3, 0.4) is 0 Å². The van der Waals surface area contributed by atoms with Crippen molar-refractivity contribution in [2.75, 3.05) is 0 Å². The maximum absolute atomic E-state index is 6.27. The van der Waals surface area contributed by atoms with E-state index in [0.29, 0.717) is 30.1 Å². The Bertz CT molecular complexity index is 836. The van der Waals surface area contributed by atoms with Gasteiger partial charge in [0.05, 0.1) is 34.8 Å². The molecule has 0 fully saturated rings. The van der Waals surface area contributed by atoms with Crippen LogP contribution >= 0.6 is 80.9 Å². The first-order valence-electron chi connectivity index (χ1n) is 4.95. The first-order valence-corrected chi connectivity index (χ1v) is 8.03. The second-order valence-corrected chi connectivity index (χ2v) is 7.20.